The maximum Gasteiger partial charge on any atom is 0.250 e. The molecule has 1 saturated heterocycles. The molecule has 17 heavy (non-hydrogen) atoms. The number of hydrogen-bond donors (Lipinski definition) is 2. The van der Waals surface area contributed by atoms with Crippen LogP contribution in [0, 0.1) is 5.82 Å². The van der Waals surface area contributed by atoms with Crippen molar-refractivity contribution in [2.24, 2.45) is 0 Å². The van der Waals surface area contributed by atoms with Crippen molar-refractivity contribution in [1.29, 1.82) is 0 Å². The molecule has 92 valence electrons. The molecule has 1 aromatic rings. The first kappa shape index (κ1) is 12.0. The first-order valence-corrected chi connectivity index (χ1v) is 5.48. The maximum absolute atomic E-state index is 12.9. The van der Waals surface area contributed by atoms with E-state index < -0.39 is 0 Å². The van der Waals surface area contributed by atoms with Gasteiger partial charge in [-0.2, -0.15) is 0 Å². The molecule has 0 radical (unpaired) electrons. The molecule has 0 aliphatic carbocycles. The average Bonchev–Trinajstić information content (AvgIpc) is 2.24. The zero-order chi connectivity index (χ0) is 12.3. The van der Waals surface area contributed by atoms with Gasteiger partial charge in [-0.3, -0.25) is 4.79 Å². The van der Waals surface area contributed by atoms with Crippen molar-refractivity contribution < 1.29 is 13.9 Å². The summed E-state index contributed by atoms with van der Waals surface area (Å²) in [6.45, 7) is 3.42. The highest BCUT2D eigenvalue weighted by atomic mass is 19.1. The van der Waals surface area contributed by atoms with Crippen molar-refractivity contribution in [3.05, 3.63) is 30.1 Å². The second-order valence-electron chi connectivity index (χ2n) is 4.40. The number of hydrogen-bond acceptors (Lipinski definition) is 3. The molecule has 0 atom stereocenters. The van der Waals surface area contributed by atoms with Crippen molar-refractivity contribution >= 4 is 11.6 Å². The van der Waals surface area contributed by atoms with Crippen LogP contribution in [0.1, 0.15) is 6.92 Å². The Bertz CT molecular complexity index is 419. The summed E-state index contributed by atoms with van der Waals surface area (Å²) in [5.41, 5.74) is 0.190. The fourth-order valence-electron chi connectivity index (χ4n) is 1.58. The van der Waals surface area contributed by atoms with Gasteiger partial charge >= 0.3 is 0 Å². The quantitative estimate of drug-likeness (QED) is 0.827. The number of ether oxygens (including phenoxy) is 1. The fraction of sp³-hybridized carbons (Fsp3) is 0.417. The molecule has 1 aromatic carbocycles. The van der Waals surface area contributed by atoms with Crippen LogP contribution >= 0.6 is 0 Å². The van der Waals surface area contributed by atoms with Crippen LogP contribution in [0.2, 0.25) is 0 Å². The van der Waals surface area contributed by atoms with E-state index in [1.165, 1.54) is 12.1 Å². The summed E-state index contributed by atoms with van der Waals surface area (Å²) in [6, 6.07) is 5.77. The lowest BCUT2D eigenvalue weighted by molar-refractivity contribution is -0.130. The summed E-state index contributed by atoms with van der Waals surface area (Å²) in [5.74, 6) is -0.650. The number of nitrogens with one attached hydrogen (secondary N) is 2. The summed E-state index contributed by atoms with van der Waals surface area (Å²) in [6.07, 6.45) is 0. The molecule has 0 aromatic heterocycles. The monoisotopic (exact) mass is 238 g/mol. The van der Waals surface area contributed by atoms with Crippen LogP contribution in [-0.4, -0.2) is 31.2 Å². The molecule has 5 heteroatoms. The second-order valence-corrected chi connectivity index (χ2v) is 4.40. The predicted octanol–water partition coefficient (Wildman–Crippen LogP) is 1.14. The van der Waals surface area contributed by atoms with E-state index in [0.717, 1.165) is 13.1 Å². The minimum atomic E-state index is -0.376. The van der Waals surface area contributed by atoms with Crippen molar-refractivity contribution in [2.75, 3.05) is 25.0 Å². The van der Waals surface area contributed by atoms with Crippen LogP contribution in [0.15, 0.2) is 24.3 Å². The van der Waals surface area contributed by atoms with Crippen LogP contribution in [0.25, 0.3) is 0 Å². The largest absolute Gasteiger partial charge is 0.363 e. The first-order valence-electron chi connectivity index (χ1n) is 5.48. The molecular formula is C12H15FN2O2. The average molecular weight is 238 g/mol. The van der Waals surface area contributed by atoms with Crippen LogP contribution in [-0.2, 0) is 9.53 Å². The smallest absolute Gasteiger partial charge is 0.250 e. The SMILES string of the molecule is CC1(OCC(=O)Nc2cccc(F)c2)CNC1. The van der Waals surface area contributed by atoms with Gasteiger partial charge in [-0.15, -0.1) is 0 Å². The highest BCUT2D eigenvalue weighted by Gasteiger charge is 2.32. The van der Waals surface area contributed by atoms with Gasteiger partial charge in [-0.1, -0.05) is 6.07 Å². The van der Waals surface area contributed by atoms with Gasteiger partial charge in [-0.25, -0.2) is 4.39 Å². The Morgan fingerprint density at radius 3 is 2.94 bits per heavy atom. The van der Waals surface area contributed by atoms with E-state index in [0.29, 0.717) is 5.69 Å². The molecule has 0 bridgehead atoms. The number of carbonyl (C=O) groups excluding carboxylic acids is 1. The third-order valence-electron chi connectivity index (χ3n) is 2.66. The normalized spacial score (nSPS) is 17.3. The summed E-state index contributed by atoms with van der Waals surface area (Å²) >= 11 is 0. The molecule has 1 heterocycles. The summed E-state index contributed by atoms with van der Waals surface area (Å²) in [5, 5.41) is 5.66. The van der Waals surface area contributed by atoms with Crippen molar-refractivity contribution in [1.82, 2.24) is 5.32 Å². The Balaban J connectivity index is 1.81. The number of carbonyl (C=O) groups is 1. The van der Waals surface area contributed by atoms with E-state index in [1.807, 2.05) is 6.92 Å². The Kier molecular flexibility index (Phi) is 3.40. The molecule has 0 unspecified atom stereocenters. The van der Waals surface area contributed by atoms with Gasteiger partial charge in [0.05, 0.1) is 5.60 Å². The van der Waals surface area contributed by atoms with Crippen LogP contribution < -0.4 is 10.6 Å². The Morgan fingerprint density at radius 1 is 1.59 bits per heavy atom. The van der Waals surface area contributed by atoms with Crippen LogP contribution in [0.5, 0.6) is 0 Å². The molecule has 1 aliphatic heterocycles. The number of benzene rings is 1. The lowest BCUT2D eigenvalue weighted by Gasteiger charge is -2.38. The van der Waals surface area contributed by atoms with E-state index in [9.17, 15) is 9.18 Å². The minimum absolute atomic E-state index is 0.0192. The molecule has 2 N–H and O–H groups in total. The van der Waals surface area contributed by atoms with E-state index in [2.05, 4.69) is 10.6 Å². The molecule has 0 spiro atoms. The van der Waals surface area contributed by atoms with Gasteiger partial charge in [0.2, 0.25) is 5.91 Å². The topological polar surface area (TPSA) is 50.4 Å². The van der Waals surface area contributed by atoms with Gasteiger partial charge in [0, 0.05) is 18.8 Å². The second kappa shape index (κ2) is 4.81. The number of halogens is 1. The molecular weight excluding hydrogens is 223 g/mol. The molecule has 1 aliphatic rings. The zero-order valence-corrected chi connectivity index (χ0v) is 9.63. The molecule has 4 nitrogen and oxygen atoms in total. The molecule has 1 amide bonds. The maximum atomic E-state index is 12.9. The summed E-state index contributed by atoms with van der Waals surface area (Å²) < 4.78 is 18.3. The third-order valence-corrected chi connectivity index (χ3v) is 2.66. The van der Waals surface area contributed by atoms with Gasteiger partial charge in [0.15, 0.2) is 0 Å². The van der Waals surface area contributed by atoms with Gasteiger partial charge < -0.3 is 15.4 Å². The predicted molar refractivity (Wildman–Crippen MR) is 62.3 cm³/mol. The lowest BCUT2D eigenvalue weighted by Crippen LogP contribution is -2.59. The van der Waals surface area contributed by atoms with E-state index >= 15 is 0 Å². The van der Waals surface area contributed by atoms with Crippen LogP contribution in [0.4, 0.5) is 10.1 Å². The first-order chi connectivity index (χ1) is 8.07. The third kappa shape index (κ3) is 3.25. The Morgan fingerprint density at radius 2 is 2.35 bits per heavy atom. The van der Waals surface area contributed by atoms with E-state index in [-0.39, 0.29) is 23.9 Å². The summed E-state index contributed by atoms with van der Waals surface area (Å²) in [7, 11) is 0. The van der Waals surface area contributed by atoms with Gasteiger partial charge in [0.1, 0.15) is 12.4 Å². The number of amides is 1. The Hall–Kier alpha value is -1.46. The highest BCUT2D eigenvalue weighted by molar-refractivity contribution is 5.91. The molecule has 2 rings (SSSR count). The van der Waals surface area contributed by atoms with Crippen molar-refractivity contribution in [3.8, 4) is 0 Å². The van der Waals surface area contributed by atoms with E-state index in [4.69, 9.17) is 4.74 Å². The van der Waals surface area contributed by atoms with Crippen molar-refractivity contribution in [2.45, 2.75) is 12.5 Å². The lowest BCUT2D eigenvalue weighted by atomic mass is 10.0. The van der Waals surface area contributed by atoms with Crippen molar-refractivity contribution in [3.63, 3.8) is 0 Å². The molecule has 1 fully saturated rings. The number of anilines is 1. The Labute approximate surface area is 99.2 Å². The van der Waals surface area contributed by atoms with Gasteiger partial charge in [0.25, 0.3) is 0 Å². The van der Waals surface area contributed by atoms with Gasteiger partial charge in [-0.05, 0) is 25.1 Å². The highest BCUT2D eigenvalue weighted by Crippen LogP contribution is 2.15. The van der Waals surface area contributed by atoms with Crippen LogP contribution in [0.3, 0.4) is 0 Å². The standard InChI is InChI=1S/C12H15FN2O2/c1-12(7-14-8-12)17-6-11(16)15-10-4-2-3-9(13)5-10/h2-5,14H,6-8H2,1H3,(H,15,16). The van der Waals surface area contributed by atoms with E-state index in [1.54, 1.807) is 12.1 Å². The minimum Gasteiger partial charge on any atom is -0.363 e. The summed E-state index contributed by atoms with van der Waals surface area (Å²) in [4.78, 5) is 11.5. The fourth-order valence-corrected chi connectivity index (χ4v) is 1.58. The zero-order valence-electron chi connectivity index (χ0n) is 9.63. The molecule has 0 saturated carbocycles. The number of rotatable bonds is 4.